The number of nitrogens with one attached hydrogen (secondary N) is 1. The van der Waals surface area contributed by atoms with Crippen molar-refractivity contribution in [2.45, 2.75) is 24.8 Å². The van der Waals surface area contributed by atoms with E-state index in [2.05, 4.69) is 15.1 Å². The van der Waals surface area contributed by atoms with Crippen LogP contribution in [0.25, 0.3) is 0 Å². The van der Waals surface area contributed by atoms with Gasteiger partial charge in [-0.05, 0) is 0 Å². The van der Waals surface area contributed by atoms with Gasteiger partial charge in [0.15, 0.2) is 0 Å². The lowest BCUT2D eigenvalue weighted by Crippen LogP contribution is -2.42. The molecule has 0 amide bonds. The Morgan fingerprint density at radius 2 is 2.22 bits per heavy atom. The number of thiazole rings is 1. The molecule has 0 radical (unpaired) electrons. The van der Waals surface area contributed by atoms with Crippen molar-refractivity contribution in [1.82, 2.24) is 10.4 Å². The van der Waals surface area contributed by atoms with Gasteiger partial charge in [-0.3, -0.25) is 11.3 Å². The molecule has 1 atom stereocenters. The predicted octanol–water partition coefficient (Wildman–Crippen LogP) is 1.43. The molecule has 0 aromatic carbocycles. The van der Waals surface area contributed by atoms with Gasteiger partial charge < -0.3 is 4.74 Å². The predicted molar refractivity (Wildman–Crippen MR) is 58.7 cm³/mol. The summed E-state index contributed by atoms with van der Waals surface area (Å²) < 4.78 is 53.3. The third kappa shape index (κ3) is 4.84. The Morgan fingerprint density at radius 1 is 1.50 bits per heavy atom. The third-order valence-electron chi connectivity index (χ3n) is 2.07. The summed E-state index contributed by atoms with van der Waals surface area (Å²) in [5.74, 6) is 1.07. The first kappa shape index (κ1) is 15.3. The quantitative estimate of drug-likeness (QED) is 0.431. The van der Waals surface area contributed by atoms with Gasteiger partial charge in [0.25, 0.3) is 0 Å². The fraction of sp³-hybridized carbons (Fsp3) is 0.667. The highest BCUT2D eigenvalue weighted by molar-refractivity contribution is 7.09. The maximum Gasteiger partial charge on any atom is 0.330 e. The van der Waals surface area contributed by atoms with E-state index in [9.17, 15) is 17.6 Å². The number of hydrogen-bond acceptors (Lipinski definition) is 5. The second kappa shape index (κ2) is 6.98. The van der Waals surface area contributed by atoms with Crippen molar-refractivity contribution in [2.24, 2.45) is 5.84 Å². The molecule has 0 aliphatic carbocycles. The molecular weight excluding hydrogens is 274 g/mol. The summed E-state index contributed by atoms with van der Waals surface area (Å²) in [6.45, 7) is -1.53. The molecule has 0 aliphatic rings. The van der Waals surface area contributed by atoms with Gasteiger partial charge in [-0.15, -0.1) is 11.3 Å². The fourth-order valence-corrected chi connectivity index (χ4v) is 1.83. The number of hydrogen-bond donors (Lipinski definition) is 2. The Hall–Kier alpha value is -0.770. The molecule has 3 N–H and O–H groups in total. The van der Waals surface area contributed by atoms with Crippen LogP contribution in [-0.2, 0) is 11.2 Å². The van der Waals surface area contributed by atoms with E-state index in [1.807, 2.05) is 0 Å². The maximum absolute atomic E-state index is 12.5. The molecule has 0 aliphatic heterocycles. The van der Waals surface area contributed by atoms with E-state index >= 15 is 0 Å². The molecule has 9 heteroatoms. The largest absolute Gasteiger partial charge is 0.373 e. The molecule has 0 fully saturated rings. The van der Waals surface area contributed by atoms with Crippen LogP contribution in [0, 0.1) is 0 Å². The molecule has 1 unspecified atom stereocenters. The normalized spacial score (nSPS) is 14.1. The second-order valence-electron chi connectivity index (χ2n) is 3.57. The van der Waals surface area contributed by atoms with E-state index < -0.39 is 25.0 Å². The fourth-order valence-electron chi connectivity index (χ4n) is 1.13. The molecule has 18 heavy (non-hydrogen) atoms. The number of rotatable bonds is 8. The van der Waals surface area contributed by atoms with Gasteiger partial charge in [0.2, 0.25) is 0 Å². The van der Waals surface area contributed by atoms with Gasteiger partial charge in [-0.2, -0.15) is 8.78 Å². The number of aromatic nitrogens is 1. The van der Waals surface area contributed by atoms with Crippen LogP contribution in [0.15, 0.2) is 11.6 Å². The highest BCUT2D eigenvalue weighted by Crippen LogP contribution is 2.22. The van der Waals surface area contributed by atoms with Crippen LogP contribution in [0.5, 0.6) is 0 Å². The molecule has 1 aromatic rings. The Morgan fingerprint density at radius 3 is 2.72 bits per heavy atom. The molecule has 4 nitrogen and oxygen atoms in total. The molecule has 1 aromatic heterocycles. The topological polar surface area (TPSA) is 60.2 Å². The first-order chi connectivity index (χ1) is 8.45. The van der Waals surface area contributed by atoms with Crippen LogP contribution in [-0.4, -0.2) is 36.6 Å². The smallest absolute Gasteiger partial charge is 0.330 e. The second-order valence-corrected chi connectivity index (χ2v) is 4.55. The summed E-state index contributed by atoms with van der Waals surface area (Å²) in [5, 5.41) is 2.51. The van der Waals surface area contributed by atoms with Crippen molar-refractivity contribution < 1.29 is 22.3 Å². The Bertz CT molecular complexity index is 337. The summed E-state index contributed by atoms with van der Waals surface area (Å²) in [6.07, 6.45) is -1.76. The number of ether oxygens (including phenoxy) is 1. The van der Waals surface area contributed by atoms with E-state index in [-0.39, 0.29) is 6.61 Å². The monoisotopic (exact) mass is 287 g/mol. The molecular formula is C9H13F4N3OS. The zero-order valence-electron chi connectivity index (χ0n) is 9.28. The van der Waals surface area contributed by atoms with E-state index in [1.165, 1.54) is 11.3 Å². The third-order valence-corrected chi connectivity index (χ3v) is 2.87. The minimum Gasteiger partial charge on any atom is -0.373 e. The number of halogens is 4. The molecule has 104 valence electrons. The molecule has 0 spiro atoms. The van der Waals surface area contributed by atoms with Gasteiger partial charge in [0.1, 0.15) is 6.61 Å². The number of nitrogens with two attached hydrogens (primary N) is 1. The summed E-state index contributed by atoms with van der Waals surface area (Å²) in [7, 11) is 0. The van der Waals surface area contributed by atoms with Crippen LogP contribution >= 0.6 is 11.3 Å². The van der Waals surface area contributed by atoms with Crippen LogP contribution in [0.2, 0.25) is 0 Å². The lowest BCUT2D eigenvalue weighted by Gasteiger charge is -2.18. The van der Waals surface area contributed by atoms with E-state index in [0.717, 1.165) is 5.01 Å². The van der Waals surface area contributed by atoms with Gasteiger partial charge in [-0.1, -0.05) is 0 Å². The molecule has 0 saturated carbocycles. The Labute approximate surface area is 105 Å². The average molecular weight is 287 g/mol. The average Bonchev–Trinajstić information content (AvgIpc) is 2.80. The number of alkyl halides is 4. The number of hydrazine groups is 1. The zero-order valence-corrected chi connectivity index (χ0v) is 10.1. The van der Waals surface area contributed by atoms with E-state index in [4.69, 9.17) is 5.84 Å². The van der Waals surface area contributed by atoms with Crippen molar-refractivity contribution in [2.75, 3.05) is 13.2 Å². The highest BCUT2D eigenvalue weighted by Gasteiger charge is 2.41. The minimum atomic E-state index is -4.14. The van der Waals surface area contributed by atoms with Crippen molar-refractivity contribution >= 4 is 11.3 Å². The Kier molecular flexibility index (Phi) is 5.93. The van der Waals surface area contributed by atoms with E-state index in [1.54, 1.807) is 11.6 Å². The van der Waals surface area contributed by atoms with Gasteiger partial charge in [-0.25, -0.2) is 13.8 Å². The summed E-state index contributed by atoms with van der Waals surface area (Å²) in [5.41, 5.74) is 2.37. The van der Waals surface area contributed by atoms with Crippen molar-refractivity contribution in [3.8, 4) is 0 Å². The maximum atomic E-state index is 12.5. The minimum absolute atomic E-state index is 0.196. The van der Waals surface area contributed by atoms with Gasteiger partial charge in [0, 0.05) is 18.0 Å². The summed E-state index contributed by atoms with van der Waals surface area (Å²) in [6, 6.07) is -0.454. The van der Waals surface area contributed by atoms with Gasteiger partial charge >= 0.3 is 12.3 Å². The molecule has 1 rings (SSSR count). The summed E-state index contributed by atoms with van der Waals surface area (Å²) in [4.78, 5) is 3.99. The first-order valence-electron chi connectivity index (χ1n) is 5.04. The standard InChI is InChI=1S/C9H13F4N3OS/c10-8(11)9(12,13)5-17-4-6(16-14)3-7-15-1-2-18-7/h1-2,6,8,16H,3-5,14H2. The van der Waals surface area contributed by atoms with Gasteiger partial charge in [0.05, 0.1) is 17.7 Å². The Balaban J connectivity index is 2.32. The summed E-state index contributed by atoms with van der Waals surface area (Å²) >= 11 is 1.38. The lowest BCUT2D eigenvalue weighted by molar-refractivity contribution is -0.167. The lowest BCUT2D eigenvalue weighted by atomic mass is 10.2. The SMILES string of the molecule is NNC(COCC(F)(F)C(F)F)Cc1nccs1. The van der Waals surface area contributed by atoms with Crippen molar-refractivity contribution in [1.29, 1.82) is 0 Å². The van der Waals surface area contributed by atoms with Crippen molar-refractivity contribution in [3.63, 3.8) is 0 Å². The first-order valence-corrected chi connectivity index (χ1v) is 5.92. The van der Waals surface area contributed by atoms with Crippen LogP contribution in [0.3, 0.4) is 0 Å². The zero-order chi connectivity index (χ0) is 13.6. The highest BCUT2D eigenvalue weighted by atomic mass is 32.1. The molecule has 0 bridgehead atoms. The number of nitrogens with zero attached hydrogens (tertiary/aromatic N) is 1. The molecule has 0 saturated heterocycles. The molecule has 1 heterocycles. The van der Waals surface area contributed by atoms with Crippen molar-refractivity contribution in [3.05, 3.63) is 16.6 Å². The van der Waals surface area contributed by atoms with Crippen LogP contribution in [0.4, 0.5) is 17.6 Å². The van der Waals surface area contributed by atoms with Crippen LogP contribution < -0.4 is 11.3 Å². The van der Waals surface area contributed by atoms with Crippen LogP contribution in [0.1, 0.15) is 5.01 Å². The van der Waals surface area contributed by atoms with E-state index in [0.29, 0.717) is 6.42 Å².